The first-order valence-electron chi connectivity index (χ1n) is 4.27. The molecule has 4 nitrogen and oxygen atoms in total. The van der Waals surface area contributed by atoms with Gasteiger partial charge in [0, 0.05) is 6.07 Å². The third-order valence-corrected chi connectivity index (χ3v) is 3.05. The van der Waals surface area contributed by atoms with Crippen molar-refractivity contribution in [1.82, 2.24) is 5.16 Å². The molecule has 0 spiro atoms. The molecule has 1 rings (SSSR count). The lowest BCUT2D eigenvalue weighted by Crippen LogP contribution is -2.06. The summed E-state index contributed by atoms with van der Waals surface area (Å²) in [4.78, 5) is 0. The minimum Gasteiger partial charge on any atom is -0.360 e. The Morgan fingerprint density at radius 3 is 2.79 bits per heavy atom. The molecule has 0 aliphatic rings. The molecular weight excluding hydrogens is 202 g/mol. The Balaban J connectivity index is 2.68. The maximum atomic E-state index is 11.4. The van der Waals surface area contributed by atoms with Crippen LogP contribution in [0.25, 0.3) is 0 Å². The van der Waals surface area contributed by atoms with E-state index in [-0.39, 0.29) is 11.5 Å². The van der Waals surface area contributed by atoms with E-state index in [4.69, 9.17) is 4.52 Å². The molecule has 0 fully saturated rings. The molecule has 0 saturated heterocycles. The van der Waals surface area contributed by atoms with Crippen LogP contribution >= 0.6 is 0 Å². The summed E-state index contributed by atoms with van der Waals surface area (Å²) in [7, 11) is -3.10. The van der Waals surface area contributed by atoms with E-state index < -0.39 is 9.84 Å². The first-order chi connectivity index (χ1) is 6.53. The highest BCUT2D eigenvalue weighted by molar-refractivity contribution is 7.90. The number of hydrogen-bond donors (Lipinski definition) is 0. The molecule has 0 bridgehead atoms. The van der Waals surface area contributed by atoms with Gasteiger partial charge in [0.15, 0.2) is 15.6 Å². The molecular formula is C9H13NO3S. The van der Waals surface area contributed by atoms with E-state index in [1.807, 2.05) is 0 Å². The van der Waals surface area contributed by atoms with Crippen LogP contribution in [0.5, 0.6) is 0 Å². The summed E-state index contributed by atoms with van der Waals surface area (Å²) in [6.45, 7) is 3.54. The Bertz CT molecular complexity index is 417. The van der Waals surface area contributed by atoms with Gasteiger partial charge in [0.1, 0.15) is 5.75 Å². The Kier molecular flexibility index (Phi) is 3.46. The number of allylic oxidation sites excluding steroid dienone is 1. The zero-order chi connectivity index (χ0) is 10.6. The Morgan fingerprint density at radius 2 is 2.29 bits per heavy atom. The predicted octanol–water partition coefficient (Wildman–Crippen LogP) is 1.47. The van der Waals surface area contributed by atoms with Crippen LogP contribution in [0.15, 0.2) is 22.7 Å². The lowest BCUT2D eigenvalue weighted by molar-refractivity contribution is 0.389. The maximum Gasteiger partial charge on any atom is 0.161 e. The van der Waals surface area contributed by atoms with Crippen molar-refractivity contribution in [1.29, 1.82) is 0 Å². The Labute approximate surface area is 83.5 Å². The Hall–Kier alpha value is -1.10. The van der Waals surface area contributed by atoms with Gasteiger partial charge < -0.3 is 4.52 Å². The topological polar surface area (TPSA) is 60.2 Å². The van der Waals surface area contributed by atoms with Crippen LogP contribution in [0.4, 0.5) is 0 Å². The SMILES string of the molecule is C/C=C/CS(=O)(=O)Cc1cc(C)no1. The van der Waals surface area contributed by atoms with Crippen molar-refractivity contribution >= 4 is 9.84 Å². The third-order valence-electron chi connectivity index (χ3n) is 1.62. The van der Waals surface area contributed by atoms with Crippen molar-refractivity contribution < 1.29 is 12.9 Å². The second-order valence-corrected chi connectivity index (χ2v) is 5.17. The molecule has 0 atom stereocenters. The summed E-state index contributed by atoms with van der Waals surface area (Å²) < 4.78 is 27.7. The average molecular weight is 215 g/mol. The van der Waals surface area contributed by atoms with Crippen molar-refractivity contribution in [3.63, 3.8) is 0 Å². The molecule has 78 valence electrons. The second kappa shape index (κ2) is 4.41. The van der Waals surface area contributed by atoms with Crippen LogP contribution in [0.1, 0.15) is 18.4 Å². The number of sulfone groups is 1. The van der Waals surface area contributed by atoms with Crippen LogP contribution in [-0.2, 0) is 15.6 Å². The third kappa shape index (κ3) is 3.33. The fraction of sp³-hybridized carbons (Fsp3) is 0.444. The summed E-state index contributed by atoms with van der Waals surface area (Å²) in [6.07, 6.45) is 3.32. The van der Waals surface area contributed by atoms with Crippen molar-refractivity contribution in [3.8, 4) is 0 Å². The minimum absolute atomic E-state index is 0.0449. The molecule has 0 aromatic carbocycles. The van der Waals surface area contributed by atoms with Gasteiger partial charge in [-0.2, -0.15) is 0 Å². The normalized spacial score (nSPS) is 12.4. The Morgan fingerprint density at radius 1 is 1.57 bits per heavy atom. The molecule has 5 heteroatoms. The fourth-order valence-corrected chi connectivity index (χ4v) is 2.18. The monoisotopic (exact) mass is 215 g/mol. The van der Waals surface area contributed by atoms with Crippen LogP contribution in [0.3, 0.4) is 0 Å². The summed E-state index contributed by atoms with van der Waals surface area (Å²) in [5.74, 6) is 0.355. The van der Waals surface area contributed by atoms with E-state index in [1.165, 1.54) is 0 Å². The fourth-order valence-electron chi connectivity index (χ4n) is 1.00. The number of rotatable bonds is 4. The van der Waals surface area contributed by atoms with Crippen LogP contribution in [0.2, 0.25) is 0 Å². The van der Waals surface area contributed by atoms with Gasteiger partial charge in [0.2, 0.25) is 0 Å². The zero-order valence-corrected chi connectivity index (χ0v) is 9.04. The first-order valence-corrected chi connectivity index (χ1v) is 6.09. The molecule has 0 amide bonds. The molecule has 0 unspecified atom stereocenters. The summed E-state index contributed by atoms with van der Waals surface area (Å²) in [6, 6.07) is 1.63. The van der Waals surface area contributed by atoms with E-state index in [1.54, 1.807) is 32.1 Å². The van der Waals surface area contributed by atoms with Crippen LogP contribution in [0, 0.1) is 6.92 Å². The molecule has 0 N–H and O–H groups in total. The number of aromatic nitrogens is 1. The predicted molar refractivity (Wildman–Crippen MR) is 53.5 cm³/mol. The quantitative estimate of drug-likeness (QED) is 0.714. The zero-order valence-electron chi connectivity index (χ0n) is 8.23. The van der Waals surface area contributed by atoms with Crippen LogP contribution in [-0.4, -0.2) is 19.3 Å². The highest BCUT2D eigenvalue weighted by atomic mass is 32.2. The van der Waals surface area contributed by atoms with Gasteiger partial charge in [-0.15, -0.1) is 0 Å². The van der Waals surface area contributed by atoms with Gasteiger partial charge in [-0.1, -0.05) is 17.3 Å². The van der Waals surface area contributed by atoms with Gasteiger partial charge in [0.05, 0.1) is 11.4 Å². The molecule has 0 aliphatic heterocycles. The van der Waals surface area contributed by atoms with Crippen molar-refractivity contribution in [2.75, 3.05) is 5.75 Å². The highest BCUT2D eigenvalue weighted by Crippen LogP contribution is 2.08. The minimum atomic E-state index is -3.10. The maximum absolute atomic E-state index is 11.4. The van der Waals surface area contributed by atoms with E-state index >= 15 is 0 Å². The largest absolute Gasteiger partial charge is 0.360 e. The molecule has 0 saturated carbocycles. The molecule has 14 heavy (non-hydrogen) atoms. The summed E-state index contributed by atoms with van der Waals surface area (Å²) in [5, 5.41) is 3.62. The molecule has 1 aromatic rings. The van der Waals surface area contributed by atoms with Crippen LogP contribution < -0.4 is 0 Å². The van der Waals surface area contributed by atoms with Crippen molar-refractivity contribution in [2.24, 2.45) is 0 Å². The highest BCUT2D eigenvalue weighted by Gasteiger charge is 2.13. The second-order valence-electron chi connectivity index (χ2n) is 3.06. The van der Waals surface area contributed by atoms with E-state index in [0.29, 0.717) is 11.5 Å². The van der Waals surface area contributed by atoms with Gasteiger partial charge in [0.25, 0.3) is 0 Å². The number of nitrogens with zero attached hydrogens (tertiary/aromatic N) is 1. The van der Waals surface area contributed by atoms with Crippen molar-refractivity contribution in [2.45, 2.75) is 19.6 Å². The van der Waals surface area contributed by atoms with Gasteiger partial charge in [-0.3, -0.25) is 0 Å². The van der Waals surface area contributed by atoms with Gasteiger partial charge in [-0.25, -0.2) is 8.42 Å². The lowest BCUT2D eigenvalue weighted by Gasteiger charge is -1.95. The molecule has 1 heterocycles. The standard InChI is InChI=1S/C9H13NO3S/c1-3-4-5-14(11,12)7-9-6-8(2)10-13-9/h3-4,6H,5,7H2,1-2H3/b4-3+. The average Bonchev–Trinajstić information content (AvgIpc) is 2.47. The van der Waals surface area contributed by atoms with Gasteiger partial charge >= 0.3 is 0 Å². The van der Waals surface area contributed by atoms with Crippen molar-refractivity contribution in [3.05, 3.63) is 29.7 Å². The number of hydrogen-bond acceptors (Lipinski definition) is 4. The van der Waals surface area contributed by atoms with E-state index in [0.717, 1.165) is 0 Å². The smallest absolute Gasteiger partial charge is 0.161 e. The lowest BCUT2D eigenvalue weighted by atomic mass is 10.4. The van der Waals surface area contributed by atoms with E-state index in [2.05, 4.69) is 5.16 Å². The van der Waals surface area contributed by atoms with E-state index in [9.17, 15) is 8.42 Å². The first kappa shape index (κ1) is 11.0. The number of aryl methyl sites for hydroxylation is 1. The summed E-state index contributed by atoms with van der Waals surface area (Å²) >= 11 is 0. The molecule has 0 radical (unpaired) electrons. The van der Waals surface area contributed by atoms with Gasteiger partial charge in [-0.05, 0) is 13.8 Å². The molecule has 0 aliphatic carbocycles. The molecule has 1 aromatic heterocycles. The summed E-state index contributed by atoms with van der Waals surface area (Å²) in [5.41, 5.74) is 0.696.